The number of anilines is 1. The van der Waals surface area contributed by atoms with Crippen LogP contribution >= 0.6 is 11.6 Å². The molecular weight excluding hydrogens is 408 g/mol. The lowest BCUT2D eigenvalue weighted by atomic mass is 10.0. The van der Waals surface area contributed by atoms with Crippen LogP contribution < -0.4 is 5.32 Å². The Balaban J connectivity index is 1.55. The van der Waals surface area contributed by atoms with E-state index in [2.05, 4.69) is 5.32 Å². The minimum Gasteiger partial charge on any atom is -0.322 e. The van der Waals surface area contributed by atoms with Gasteiger partial charge in [0, 0.05) is 29.4 Å². The van der Waals surface area contributed by atoms with Gasteiger partial charge in [-0.15, -0.1) is 0 Å². The molecule has 0 saturated heterocycles. The molecule has 5 nitrogen and oxygen atoms in total. The Kier molecular flexibility index (Phi) is 5.41. The van der Waals surface area contributed by atoms with Gasteiger partial charge in [-0.3, -0.25) is 4.79 Å². The third-order valence-electron chi connectivity index (χ3n) is 4.93. The standard InChI is InChI=1S/C22H19ClN2O3S/c23-19-7-10-21(11-8-19)29(27,28)25-13-12-16-6-9-20(14-18(16)15-25)24-22(26)17-4-2-1-3-5-17/h1-11,14H,12-13,15H2,(H,24,26). The van der Waals surface area contributed by atoms with Gasteiger partial charge in [0.2, 0.25) is 10.0 Å². The Morgan fingerprint density at radius 1 is 0.931 bits per heavy atom. The molecule has 1 aliphatic rings. The second-order valence-corrected chi connectivity index (χ2v) is 9.22. The summed E-state index contributed by atoms with van der Waals surface area (Å²) < 4.78 is 27.4. The predicted molar refractivity (Wildman–Crippen MR) is 114 cm³/mol. The molecule has 0 unspecified atom stereocenters. The number of hydrogen-bond acceptors (Lipinski definition) is 3. The molecule has 0 radical (unpaired) electrons. The highest BCUT2D eigenvalue weighted by Gasteiger charge is 2.28. The monoisotopic (exact) mass is 426 g/mol. The number of halogens is 1. The van der Waals surface area contributed by atoms with E-state index in [1.54, 1.807) is 36.4 Å². The van der Waals surface area contributed by atoms with Crippen LogP contribution in [0.25, 0.3) is 0 Å². The number of carbonyl (C=O) groups is 1. The maximum absolute atomic E-state index is 13.0. The van der Waals surface area contributed by atoms with E-state index < -0.39 is 10.0 Å². The van der Waals surface area contributed by atoms with Gasteiger partial charge in [-0.1, -0.05) is 35.9 Å². The molecule has 4 rings (SSSR count). The van der Waals surface area contributed by atoms with Gasteiger partial charge in [0.25, 0.3) is 5.91 Å². The van der Waals surface area contributed by atoms with Crippen molar-refractivity contribution in [3.8, 4) is 0 Å². The van der Waals surface area contributed by atoms with Gasteiger partial charge in [0.05, 0.1) is 4.90 Å². The van der Waals surface area contributed by atoms with Crippen molar-refractivity contribution in [2.24, 2.45) is 0 Å². The number of sulfonamides is 1. The van der Waals surface area contributed by atoms with Crippen molar-refractivity contribution in [1.82, 2.24) is 4.31 Å². The highest BCUT2D eigenvalue weighted by Crippen LogP contribution is 2.27. The number of fused-ring (bicyclic) bond motifs is 1. The van der Waals surface area contributed by atoms with E-state index in [-0.39, 0.29) is 17.3 Å². The first-order valence-corrected chi connectivity index (χ1v) is 11.0. The Morgan fingerprint density at radius 2 is 1.66 bits per heavy atom. The highest BCUT2D eigenvalue weighted by atomic mass is 35.5. The van der Waals surface area contributed by atoms with Crippen LogP contribution in [0.1, 0.15) is 21.5 Å². The number of amides is 1. The zero-order valence-corrected chi connectivity index (χ0v) is 17.1. The summed E-state index contributed by atoms with van der Waals surface area (Å²) in [5, 5.41) is 3.37. The van der Waals surface area contributed by atoms with Crippen molar-refractivity contribution >= 4 is 33.2 Å². The summed E-state index contributed by atoms with van der Waals surface area (Å²) in [4.78, 5) is 12.6. The SMILES string of the molecule is O=C(Nc1ccc2c(c1)CN(S(=O)(=O)c1ccc(Cl)cc1)CC2)c1ccccc1. The van der Waals surface area contributed by atoms with Crippen LogP contribution in [0.15, 0.2) is 77.7 Å². The summed E-state index contributed by atoms with van der Waals surface area (Å²) >= 11 is 5.87. The van der Waals surface area contributed by atoms with Crippen molar-refractivity contribution < 1.29 is 13.2 Å². The Labute approximate surface area is 175 Å². The molecule has 1 N–H and O–H groups in total. The number of nitrogens with one attached hydrogen (secondary N) is 1. The maximum atomic E-state index is 13.0. The van der Waals surface area contributed by atoms with E-state index in [1.807, 2.05) is 24.3 Å². The third-order valence-corrected chi connectivity index (χ3v) is 7.04. The molecule has 0 aromatic heterocycles. The van der Waals surface area contributed by atoms with E-state index in [0.29, 0.717) is 29.2 Å². The topological polar surface area (TPSA) is 66.5 Å². The zero-order chi connectivity index (χ0) is 20.4. The highest BCUT2D eigenvalue weighted by molar-refractivity contribution is 7.89. The quantitative estimate of drug-likeness (QED) is 0.674. The fourth-order valence-corrected chi connectivity index (χ4v) is 4.91. The lowest BCUT2D eigenvalue weighted by molar-refractivity contribution is 0.102. The molecule has 0 fully saturated rings. The van der Waals surface area contributed by atoms with Gasteiger partial charge in [-0.2, -0.15) is 4.31 Å². The molecule has 1 heterocycles. The predicted octanol–water partition coefficient (Wildman–Crippen LogP) is 4.34. The molecule has 3 aromatic rings. The van der Waals surface area contributed by atoms with E-state index in [1.165, 1.54) is 16.4 Å². The van der Waals surface area contributed by atoms with Gasteiger partial charge in [-0.05, 0) is 66.1 Å². The summed E-state index contributed by atoms with van der Waals surface area (Å²) in [7, 11) is -3.61. The average Bonchev–Trinajstić information content (AvgIpc) is 2.74. The number of nitrogens with zero attached hydrogens (tertiary/aromatic N) is 1. The van der Waals surface area contributed by atoms with Crippen LogP contribution in [0.2, 0.25) is 5.02 Å². The molecule has 148 valence electrons. The normalized spacial score (nSPS) is 14.2. The third kappa shape index (κ3) is 4.19. The van der Waals surface area contributed by atoms with Crippen LogP contribution in [0, 0.1) is 0 Å². The minimum absolute atomic E-state index is 0.202. The fourth-order valence-electron chi connectivity index (χ4n) is 3.36. The molecule has 1 amide bonds. The van der Waals surface area contributed by atoms with Crippen molar-refractivity contribution in [3.05, 3.63) is 94.5 Å². The largest absolute Gasteiger partial charge is 0.322 e. The van der Waals surface area contributed by atoms with Gasteiger partial charge in [0.1, 0.15) is 0 Å². The van der Waals surface area contributed by atoms with Crippen LogP contribution in [-0.4, -0.2) is 25.2 Å². The summed E-state index contributed by atoms with van der Waals surface area (Å²) in [6, 6.07) is 20.8. The van der Waals surface area contributed by atoms with Crippen LogP contribution in [-0.2, 0) is 23.0 Å². The summed E-state index contributed by atoms with van der Waals surface area (Å²) in [6.07, 6.45) is 0.620. The smallest absolute Gasteiger partial charge is 0.255 e. The van der Waals surface area contributed by atoms with Gasteiger partial charge >= 0.3 is 0 Å². The van der Waals surface area contributed by atoms with E-state index in [4.69, 9.17) is 11.6 Å². The van der Waals surface area contributed by atoms with Gasteiger partial charge in [0.15, 0.2) is 0 Å². The van der Waals surface area contributed by atoms with Crippen LogP contribution in [0.5, 0.6) is 0 Å². The molecule has 0 saturated carbocycles. The molecule has 0 atom stereocenters. The molecule has 0 spiro atoms. The second-order valence-electron chi connectivity index (χ2n) is 6.85. The first-order chi connectivity index (χ1) is 13.9. The molecule has 7 heteroatoms. The number of hydrogen-bond donors (Lipinski definition) is 1. The maximum Gasteiger partial charge on any atom is 0.255 e. The first kappa shape index (κ1) is 19.6. The Hall–Kier alpha value is -2.67. The van der Waals surface area contributed by atoms with Crippen molar-refractivity contribution in [1.29, 1.82) is 0 Å². The van der Waals surface area contributed by atoms with Crippen molar-refractivity contribution in [2.75, 3.05) is 11.9 Å². The van der Waals surface area contributed by atoms with Crippen molar-refractivity contribution in [3.63, 3.8) is 0 Å². The summed E-state index contributed by atoms with van der Waals surface area (Å²) in [6.45, 7) is 0.670. The van der Waals surface area contributed by atoms with Crippen LogP contribution in [0.3, 0.4) is 0 Å². The molecule has 1 aliphatic heterocycles. The lowest BCUT2D eigenvalue weighted by Crippen LogP contribution is -2.36. The molecule has 3 aromatic carbocycles. The first-order valence-electron chi connectivity index (χ1n) is 9.17. The van der Waals surface area contributed by atoms with Gasteiger partial charge in [-0.25, -0.2) is 8.42 Å². The molecule has 0 bridgehead atoms. The second kappa shape index (κ2) is 7.99. The van der Waals surface area contributed by atoms with Crippen LogP contribution in [0.4, 0.5) is 5.69 Å². The van der Waals surface area contributed by atoms with E-state index in [0.717, 1.165) is 11.1 Å². The summed E-state index contributed by atoms with van der Waals surface area (Å²) in [5.74, 6) is -0.202. The fraction of sp³-hybridized carbons (Fsp3) is 0.136. The number of rotatable bonds is 4. The minimum atomic E-state index is -3.61. The summed E-state index contributed by atoms with van der Waals surface area (Å²) in [5.41, 5.74) is 3.19. The Bertz CT molecular complexity index is 1150. The number of carbonyl (C=O) groups excluding carboxylic acids is 1. The Morgan fingerprint density at radius 3 is 2.38 bits per heavy atom. The van der Waals surface area contributed by atoms with Crippen molar-refractivity contribution in [2.45, 2.75) is 17.9 Å². The lowest BCUT2D eigenvalue weighted by Gasteiger charge is -2.28. The number of benzene rings is 3. The zero-order valence-electron chi connectivity index (χ0n) is 15.5. The molecule has 0 aliphatic carbocycles. The van der Waals surface area contributed by atoms with E-state index >= 15 is 0 Å². The molecular formula is C22H19ClN2O3S. The average molecular weight is 427 g/mol. The molecule has 29 heavy (non-hydrogen) atoms. The van der Waals surface area contributed by atoms with E-state index in [9.17, 15) is 13.2 Å². The van der Waals surface area contributed by atoms with Gasteiger partial charge < -0.3 is 5.32 Å².